The van der Waals surface area contributed by atoms with E-state index in [2.05, 4.69) is 0 Å². The Morgan fingerprint density at radius 1 is 1.00 bits per heavy atom. The summed E-state index contributed by atoms with van der Waals surface area (Å²) in [5.41, 5.74) is 0. The number of rotatable bonds is 0. The van der Waals surface area contributed by atoms with Crippen LogP contribution in [0, 0.1) is 0 Å². The predicted molar refractivity (Wildman–Crippen MR) is 15.2 cm³/mol. The smallest absolute Gasteiger partial charge is 1.00 e. The van der Waals surface area contributed by atoms with Crippen molar-refractivity contribution >= 4 is 37.7 Å². The van der Waals surface area contributed by atoms with Gasteiger partial charge in [-0.25, -0.2) is 0 Å². The van der Waals surface area contributed by atoms with Crippen LogP contribution in [-0.4, -0.2) is 37.7 Å². The van der Waals surface area contributed by atoms with Crippen LogP contribution in [-0.2, 0) is 0 Å². The van der Waals surface area contributed by atoms with E-state index in [1.807, 2.05) is 0 Å². The van der Waals surface area contributed by atoms with Gasteiger partial charge in [0.2, 0.25) is 0 Å². The zero-order valence-corrected chi connectivity index (χ0v) is 9.62. The standard InChI is InChI=1S/Ca.H3N.2Na.4H/h;1H3;;;;;;/q+2;;2*+1;4*-1. The Balaban J connectivity index is 0. The van der Waals surface area contributed by atoms with Crippen molar-refractivity contribution in [3.8, 4) is 0 Å². The van der Waals surface area contributed by atoms with E-state index in [9.17, 15) is 0 Å². The Bertz CT molecular complexity index is 14.0. The van der Waals surface area contributed by atoms with Crippen LogP contribution >= 0.6 is 0 Å². The first kappa shape index (κ1) is 26.9. The van der Waals surface area contributed by atoms with E-state index in [0.717, 1.165) is 0 Å². The fourth-order valence-corrected chi connectivity index (χ4v) is 0. The largest absolute Gasteiger partial charge is 2.00 e. The van der Waals surface area contributed by atoms with Gasteiger partial charge in [0.15, 0.2) is 0 Å². The van der Waals surface area contributed by atoms with Crippen molar-refractivity contribution in [2.75, 3.05) is 0 Å². The van der Waals surface area contributed by atoms with E-state index in [1.54, 1.807) is 0 Å². The topological polar surface area (TPSA) is 35.0 Å². The van der Waals surface area contributed by atoms with Gasteiger partial charge in [-0.2, -0.15) is 0 Å². The maximum atomic E-state index is 0. The summed E-state index contributed by atoms with van der Waals surface area (Å²) in [7, 11) is 0. The minimum atomic E-state index is 0. The van der Waals surface area contributed by atoms with Crippen LogP contribution in [0.15, 0.2) is 0 Å². The van der Waals surface area contributed by atoms with Crippen molar-refractivity contribution in [1.82, 2.24) is 6.15 Å². The average molecular weight is 107 g/mol. The first-order chi connectivity index (χ1) is 0. The third-order valence-electron chi connectivity index (χ3n) is 0. The summed E-state index contributed by atoms with van der Waals surface area (Å²) in [6.07, 6.45) is 0. The number of hydrogen-bond donors (Lipinski definition) is 1. The third kappa shape index (κ3) is 8.97. The number of hydrogen-bond acceptors (Lipinski definition) is 1. The van der Waals surface area contributed by atoms with Crippen molar-refractivity contribution < 1.29 is 64.8 Å². The van der Waals surface area contributed by atoms with Crippen LogP contribution in [0.2, 0.25) is 0 Å². The fourth-order valence-electron chi connectivity index (χ4n) is 0. The molecule has 0 saturated heterocycles. The van der Waals surface area contributed by atoms with Crippen LogP contribution < -0.4 is 65.3 Å². The molecule has 0 spiro atoms. The Kier molecular flexibility index (Phi) is 110. The molecular weight excluding hydrogens is 100 g/mol. The second-order valence-electron chi connectivity index (χ2n) is 0. The maximum Gasteiger partial charge on any atom is 2.00 e. The molecule has 0 aliphatic heterocycles. The van der Waals surface area contributed by atoms with Crippen LogP contribution in [0.3, 0.4) is 0 Å². The second kappa shape index (κ2) is 16.3. The summed E-state index contributed by atoms with van der Waals surface area (Å²) in [6.45, 7) is 0. The van der Waals surface area contributed by atoms with Crippen molar-refractivity contribution in [3.05, 3.63) is 0 Å². The van der Waals surface area contributed by atoms with Gasteiger partial charge in [-0.05, 0) is 0 Å². The molecule has 0 rings (SSSR count). The monoisotopic (exact) mass is 107 g/mol. The Labute approximate surface area is 106 Å². The molecule has 0 saturated carbocycles. The van der Waals surface area contributed by atoms with E-state index in [4.69, 9.17) is 0 Å². The van der Waals surface area contributed by atoms with Crippen molar-refractivity contribution in [2.24, 2.45) is 0 Å². The minimum absolute atomic E-state index is 0. The van der Waals surface area contributed by atoms with Gasteiger partial charge in [0, 0.05) is 0 Å². The molecule has 0 heterocycles. The minimum Gasteiger partial charge on any atom is -1.00 e. The summed E-state index contributed by atoms with van der Waals surface area (Å²) in [4.78, 5) is 0. The van der Waals surface area contributed by atoms with Crippen molar-refractivity contribution in [3.63, 3.8) is 0 Å². The fraction of sp³-hybridized carbons (Fsp3) is 0. The van der Waals surface area contributed by atoms with Gasteiger partial charge >= 0.3 is 96.9 Å². The van der Waals surface area contributed by atoms with Crippen LogP contribution in [0.1, 0.15) is 5.71 Å². The normalized spacial score (nSPS) is 0. The van der Waals surface area contributed by atoms with Crippen LogP contribution in [0.4, 0.5) is 0 Å². The Morgan fingerprint density at radius 2 is 1.00 bits per heavy atom. The summed E-state index contributed by atoms with van der Waals surface area (Å²) < 4.78 is 0. The molecule has 4 heavy (non-hydrogen) atoms. The molecule has 0 aromatic heterocycles. The summed E-state index contributed by atoms with van der Waals surface area (Å²) in [5, 5.41) is 0. The molecule has 0 aromatic rings. The molecule has 0 aromatic carbocycles. The van der Waals surface area contributed by atoms with Gasteiger partial charge in [-0.15, -0.1) is 0 Å². The van der Waals surface area contributed by atoms with Gasteiger partial charge < -0.3 is 11.9 Å². The van der Waals surface area contributed by atoms with Gasteiger partial charge in [0.05, 0.1) is 0 Å². The SMILES string of the molecule is N.[Ca+2].[H-].[H-].[H-].[H-].[Na+].[Na+]. The predicted octanol–water partition coefficient (Wildman–Crippen LogP) is -5.76. The van der Waals surface area contributed by atoms with Gasteiger partial charge in [0.25, 0.3) is 0 Å². The molecule has 0 aliphatic carbocycles. The Morgan fingerprint density at radius 3 is 1.00 bits per heavy atom. The molecule has 0 atom stereocenters. The van der Waals surface area contributed by atoms with Crippen molar-refractivity contribution in [1.29, 1.82) is 0 Å². The molecule has 4 heteroatoms. The molecular formula is H7CaNNa2. The molecule has 3 N–H and O–H groups in total. The molecule has 0 amide bonds. The van der Waals surface area contributed by atoms with Gasteiger partial charge in [0.1, 0.15) is 0 Å². The summed E-state index contributed by atoms with van der Waals surface area (Å²) >= 11 is 0. The summed E-state index contributed by atoms with van der Waals surface area (Å²) in [5.74, 6) is 0. The van der Waals surface area contributed by atoms with Gasteiger partial charge in [-0.3, -0.25) is 0 Å². The molecule has 0 radical (unpaired) electrons. The zero-order valence-electron chi connectivity index (χ0n) is 7.41. The second-order valence-corrected chi connectivity index (χ2v) is 0. The molecule has 0 fully saturated rings. The quantitative estimate of drug-likeness (QED) is 0.308. The Hall–Kier alpha value is 3.22. The molecule has 0 bridgehead atoms. The molecule has 1 nitrogen and oxygen atoms in total. The zero-order chi connectivity index (χ0) is 0. The van der Waals surface area contributed by atoms with E-state index in [1.165, 1.54) is 0 Å². The molecule has 0 unspecified atom stereocenters. The van der Waals surface area contributed by atoms with Crippen molar-refractivity contribution in [2.45, 2.75) is 0 Å². The average Bonchev–Trinajstić information content (AvgIpc) is 0. The van der Waals surface area contributed by atoms with Gasteiger partial charge in [-0.1, -0.05) is 0 Å². The van der Waals surface area contributed by atoms with E-state index >= 15 is 0 Å². The van der Waals surface area contributed by atoms with Crippen LogP contribution in [0.25, 0.3) is 0 Å². The third-order valence-corrected chi connectivity index (χ3v) is 0. The van der Waals surface area contributed by atoms with Crippen LogP contribution in [0.5, 0.6) is 0 Å². The summed E-state index contributed by atoms with van der Waals surface area (Å²) in [6, 6.07) is 0. The molecule has 0 aliphatic rings. The first-order valence-electron chi connectivity index (χ1n) is 0. The molecule has 16 valence electrons. The van der Waals surface area contributed by atoms with E-state index < -0.39 is 0 Å². The first-order valence-corrected chi connectivity index (χ1v) is 0. The maximum absolute atomic E-state index is 0. The van der Waals surface area contributed by atoms with E-state index in [0.29, 0.717) is 0 Å². The van der Waals surface area contributed by atoms with E-state index in [-0.39, 0.29) is 109 Å².